The Morgan fingerprint density at radius 2 is 2.11 bits per heavy atom. The summed E-state index contributed by atoms with van der Waals surface area (Å²) < 4.78 is 13.8. The lowest BCUT2D eigenvalue weighted by Gasteiger charge is -2.19. The van der Waals surface area contributed by atoms with E-state index in [4.69, 9.17) is 0 Å². The highest BCUT2D eigenvalue weighted by Crippen LogP contribution is 2.23. The largest absolute Gasteiger partial charge is 0.306 e. The van der Waals surface area contributed by atoms with Crippen LogP contribution in [0, 0.1) is 12.7 Å². The molecular weight excluding hydrogens is 229 g/mol. The van der Waals surface area contributed by atoms with Crippen molar-refractivity contribution in [3.8, 4) is 0 Å². The van der Waals surface area contributed by atoms with Gasteiger partial charge in [-0.05, 0) is 30.7 Å². The molecule has 4 heteroatoms. The van der Waals surface area contributed by atoms with Crippen LogP contribution in [0.1, 0.15) is 29.7 Å². The summed E-state index contributed by atoms with van der Waals surface area (Å²) in [4.78, 5) is 7.94. The molecule has 2 rings (SSSR count). The van der Waals surface area contributed by atoms with Gasteiger partial charge in [-0.3, -0.25) is 9.97 Å². The van der Waals surface area contributed by atoms with Crippen molar-refractivity contribution in [1.82, 2.24) is 15.3 Å². The van der Waals surface area contributed by atoms with Gasteiger partial charge in [0.05, 0.1) is 12.2 Å². The molecule has 2 aromatic heterocycles. The Balaban J connectivity index is 2.43. The zero-order valence-electron chi connectivity index (χ0n) is 10.5. The molecule has 0 saturated heterocycles. The Bertz CT molecular complexity index is 528. The molecule has 0 aromatic carbocycles. The van der Waals surface area contributed by atoms with E-state index in [1.807, 2.05) is 19.9 Å². The fraction of sp³-hybridized carbons (Fsp3) is 0.286. The van der Waals surface area contributed by atoms with E-state index in [1.54, 1.807) is 24.7 Å². The van der Waals surface area contributed by atoms with Gasteiger partial charge in [-0.2, -0.15) is 0 Å². The maximum absolute atomic E-state index is 13.8. The van der Waals surface area contributed by atoms with Crippen LogP contribution in [0.25, 0.3) is 0 Å². The Morgan fingerprint density at radius 1 is 1.28 bits per heavy atom. The van der Waals surface area contributed by atoms with E-state index in [2.05, 4.69) is 15.3 Å². The molecule has 3 nitrogen and oxygen atoms in total. The number of aromatic nitrogens is 2. The Hall–Kier alpha value is -1.81. The summed E-state index contributed by atoms with van der Waals surface area (Å²) in [5, 5.41) is 3.28. The van der Waals surface area contributed by atoms with Gasteiger partial charge in [0.2, 0.25) is 0 Å². The number of aryl methyl sites for hydroxylation is 1. The van der Waals surface area contributed by atoms with Crippen molar-refractivity contribution in [2.24, 2.45) is 0 Å². The summed E-state index contributed by atoms with van der Waals surface area (Å²) in [5.41, 5.74) is 2.62. The monoisotopic (exact) mass is 245 g/mol. The SMILES string of the molecule is CCNC(c1cncc(C)c1)c1ccncc1F. The molecule has 0 radical (unpaired) electrons. The zero-order valence-corrected chi connectivity index (χ0v) is 10.5. The van der Waals surface area contributed by atoms with Gasteiger partial charge in [0, 0.05) is 24.2 Å². The summed E-state index contributed by atoms with van der Waals surface area (Å²) in [6.07, 6.45) is 6.39. The lowest BCUT2D eigenvalue weighted by molar-refractivity contribution is 0.553. The number of nitrogens with one attached hydrogen (secondary N) is 1. The van der Waals surface area contributed by atoms with Crippen LogP contribution in [0.4, 0.5) is 4.39 Å². The summed E-state index contributed by atoms with van der Waals surface area (Å²) in [6, 6.07) is 3.52. The van der Waals surface area contributed by atoms with Gasteiger partial charge >= 0.3 is 0 Å². The van der Waals surface area contributed by atoms with Crippen molar-refractivity contribution in [1.29, 1.82) is 0 Å². The fourth-order valence-corrected chi connectivity index (χ4v) is 1.97. The third-order valence-electron chi connectivity index (χ3n) is 2.75. The average Bonchev–Trinajstić information content (AvgIpc) is 2.37. The van der Waals surface area contributed by atoms with Crippen LogP contribution in [0.5, 0.6) is 0 Å². The van der Waals surface area contributed by atoms with Crippen molar-refractivity contribution < 1.29 is 4.39 Å². The van der Waals surface area contributed by atoms with Crippen molar-refractivity contribution in [2.75, 3.05) is 6.54 Å². The first-order valence-electron chi connectivity index (χ1n) is 5.96. The van der Waals surface area contributed by atoms with Crippen LogP contribution in [-0.2, 0) is 0 Å². The highest BCUT2D eigenvalue weighted by atomic mass is 19.1. The highest BCUT2D eigenvalue weighted by Gasteiger charge is 2.17. The number of rotatable bonds is 4. The second kappa shape index (κ2) is 5.69. The molecule has 2 heterocycles. The first-order chi connectivity index (χ1) is 8.72. The lowest BCUT2D eigenvalue weighted by atomic mass is 10.00. The van der Waals surface area contributed by atoms with E-state index in [9.17, 15) is 4.39 Å². The number of halogens is 1. The van der Waals surface area contributed by atoms with E-state index < -0.39 is 0 Å². The molecular formula is C14H16FN3. The minimum absolute atomic E-state index is 0.189. The van der Waals surface area contributed by atoms with E-state index in [0.29, 0.717) is 5.56 Å². The van der Waals surface area contributed by atoms with Crippen LogP contribution < -0.4 is 5.32 Å². The van der Waals surface area contributed by atoms with Crippen LogP contribution in [0.15, 0.2) is 36.9 Å². The van der Waals surface area contributed by atoms with Gasteiger partial charge < -0.3 is 5.32 Å². The normalized spacial score (nSPS) is 12.4. The van der Waals surface area contributed by atoms with E-state index in [0.717, 1.165) is 17.7 Å². The molecule has 0 saturated carbocycles. The Morgan fingerprint density at radius 3 is 2.78 bits per heavy atom. The van der Waals surface area contributed by atoms with E-state index >= 15 is 0 Å². The molecule has 0 aliphatic rings. The van der Waals surface area contributed by atoms with Gasteiger partial charge in [-0.25, -0.2) is 4.39 Å². The van der Waals surface area contributed by atoms with Crippen molar-refractivity contribution in [3.63, 3.8) is 0 Å². The Kier molecular flexibility index (Phi) is 3.99. The molecule has 94 valence electrons. The summed E-state index contributed by atoms with van der Waals surface area (Å²) in [7, 11) is 0. The Labute approximate surface area is 106 Å². The standard InChI is InChI=1S/C14H16FN3/c1-3-18-14(11-6-10(2)7-17-8-11)12-4-5-16-9-13(12)15/h4-9,14,18H,3H2,1-2H3. The highest BCUT2D eigenvalue weighted by molar-refractivity contribution is 5.31. The van der Waals surface area contributed by atoms with Gasteiger partial charge in [0.25, 0.3) is 0 Å². The second-order valence-electron chi connectivity index (χ2n) is 4.18. The second-order valence-corrected chi connectivity index (χ2v) is 4.18. The molecule has 0 amide bonds. The number of nitrogens with zero attached hydrogens (tertiary/aromatic N) is 2. The summed E-state index contributed by atoms with van der Waals surface area (Å²) >= 11 is 0. The van der Waals surface area contributed by atoms with Crippen molar-refractivity contribution in [3.05, 3.63) is 59.4 Å². The topological polar surface area (TPSA) is 37.8 Å². The molecule has 1 atom stereocenters. The van der Waals surface area contributed by atoms with Gasteiger partial charge in [0.15, 0.2) is 0 Å². The first kappa shape index (κ1) is 12.6. The first-order valence-corrected chi connectivity index (χ1v) is 5.96. The third-order valence-corrected chi connectivity index (χ3v) is 2.75. The predicted molar refractivity (Wildman–Crippen MR) is 68.7 cm³/mol. The smallest absolute Gasteiger partial charge is 0.146 e. The number of hydrogen-bond donors (Lipinski definition) is 1. The maximum Gasteiger partial charge on any atom is 0.146 e. The molecule has 0 aliphatic heterocycles. The molecule has 2 aromatic rings. The zero-order chi connectivity index (χ0) is 13.0. The molecule has 0 aliphatic carbocycles. The molecule has 0 fully saturated rings. The summed E-state index contributed by atoms with van der Waals surface area (Å²) in [6.45, 7) is 4.72. The molecule has 0 spiro atoms. The molecule has 18 heavy (non-hydrogen) atoms. The number of hydrogen-bond acceptors (Lipinski definition) is 3. The predicted octanol–water partition coefficient (Wildman–Crippen LogP) is 2.62. The van der Waals surface area contributed by atoms with Crippen molar-refractivity contribution in [2.45, 2.75) is 19.9 Å². The van der Waals surface area contributed by atoms with Crippen LogP contribution in [0.3, 0.4) is 0 Å². The van der Waals surface area contributed by atoms with Crippen LogP contribution in [0.2, 0.25) is 0 Å². The molecule has 1 unspecified atom stereocenters. The van der Waals surface area contributed by atoms with Crippen molar-refractivity contribution >= 4 is 0 Å². The maximum atomic E-state index is 13.8. The van der Waals surface area contributed by atoms with E-state index in [-0.39, 0.29) is 11.9 Å². The molecule has 1 N–H and O–H groups in total. The van der Waals surface area contributed by atoms with Gasteiger partial charge in [-0.1, -0.05) is 13.0 Å². The summed E-state index contributed by atoms with van der Waals surface area (Å²) in [5.74, 6) is -0.301. The average molecular weight is 245 g/mol. The minimum Gasteiger partial charge on any atom is -0.306 e. The lowest BCUT2D eigenvalue weighted by Crippen LogP contribution is -2.23. The third kappa shape index (κ3) is 2.71. The van der Waals surface area contributed by atoms with E-state index in [1.165, 1.54) is 6.20 Å². The minimum atomic E-state index is -0.301. The number of pyridine rings is 2. The van der Waals surface area contributed by atoms with Gasteiger partial charge in [0.1, 0.15) is 5.82 Å². The van der Waals surface area contributed by atoms with Gasteiger partial charge in [-0.15, -0.1) is 0 Å². The van der Waals surface area contributed by atoms with Crippen LogP contribution >= 0.6 is 0 Å². The molecule has 0 bridgehead atoms. The quantitative estimate of drug-likeness (QED) is 0.899. The van der Waals surface area contributed by atoms with Crippen LogP contribution in [-0.4, -0.2) is 16.5 Å². The fourth-order valence-electron chi connectivity index (χ4n) is 1.97.